The minimum atomic E-state index is -0.479. The van der Waals surface area contributed by atoms with Crippen molar-refractivity contribution in [2.45, 2.75) is 70.8 Å². The van der Waals surface area contributed by atoms with Crippen LogP contribution in [-0.4, -0.2) is 67.5 Å². The van der Waals surface area contributed by atoms with Crippen molar-refractivity contribution in [3.05, 3.63) is 0 Å². The van der Waals surface area contributed by atoms with Crippen molar-refractivity contribution in [3.8, 4) is 0 Å². The highest BCUT2D eigenvalue weighted by atomic mass is 16.6. The first kappa shape index (κ1) is 18.8. The predicted molar refractivity (Wildman–Crippen MR) is 94.3 cm³/mol. The lowest BCUT2D eigenvalue weighted by atomic mass is 9.96. The number of ether oxygens (including phenoxy) is 2. The van der Waals surface area contributed by atoms with Crippen molar-refractivity contribution in [2.24, 2.45) is 4.99 Å². The molecular weight excluding hydrogens is 308 g/mol. The molecule has 2 saturated heterocycles. The summed E-state index contributed by atoms with van der Waals surface area (Å²) in [4.78, 5) is 18.1. The molecule has 2 aliphatic rings. The molecule has 0 aliphatic carbocycles. The molecule has 3 unspecified atom stereocenters. The van der Waals surface area contributed by atoms with E-state index in [0.717, 1.165) is 25.3 Å². The molecule has 2 bridgehead atoms. The van der Waals surface area contributed by atoms with Crippen LogP contribution in [0.5, 0.6) is 0 Å². The maximum atomic E-state index is 11.9. The molecule has 0 aromatic rings. The summed E-state index contributed by atoms with van der Waals surface area (Å²) in [7, 11) is 1.73. The van der Waals surface area contributed by atoms with Crippen molar-refractivity contribution in [1.29, 1.82) is 0 Å². The van der Waals surface area contributed by atoms with Crippen LogP contribution in [-0.2, 0) is 9.47 Å². The van der Waals surface area contributed by atoms with Gasteiger partial charge in [-0.2, -0.15) is 0 Å². The zero-order chi connectivity index (χ0) is 17.7. The number of fused-ring (bicyclic) bond motifs is 2. The van der Waals surface area contributed by atoms with Gasteiger partial charge in [0.15, 0.2) is 5.96 Å². The minimum absolute atomic E-state index is 0.309. The zero-order valence-corrected chi connectivity index (χ0v) is 15.6. The Kier molecular flexibility index (Phi) is 6.32. The summed E-state index contributed by atoms with van der Waals surface area (Å²) < 4.78 is 11.2. The first-order chi connectivity index (χ1) is 11.3. The van der Waals surface area contributed by atoms with Gasteiger partial charge in [-0.1, -0.05) is 0 Å². The average Bonchev–Trinajstić information content (AvgIpc) is 3.08. The van der Waals surface area contributed by atoms with Gasteiger partial charge in [0.25, 0.3) is 0 Å². The molecule has 2 heterocycles. The van der Waals surface area contributed by atoms with Gasteiger partial charge >= 0.3 is 6.09 Å². The third-order valence-corrected chi connectivity index (χ3v) is 4.18. The van der Waals surface area contributed by atoms with Crippen LogP contribution in [0, 0.1) is 0 Å². The van der Waals surface area contributed by atoms with E-state index in [4.69, 9.17) is 9.47 Å². The van der Waals surface area contributed by atoms with Crippen LogP contribution in [0.25, 0.3) is 0 Å². The Hall–Kier alpha value is -1.50. The van der Waals surface area contributed by atoms with E-state index in [2.05, 4.69) is 15.6 Å². The van der Waals surface area contributed by atoms with E-state index in [1.165, 1.54) is 6.42 Å². The lowest BCUT2D eigenvalue weighted by Gasteiger charge is -2.25. The molecule has 7 heteroatoms. The second-order valence-electron chi connectivity index (χ2n) is 7.52. The molecular formula is C17H32N4O3. The van der Waals surface area contributed by atoms with E-state index in [9.17, 15) is 4.79 Å². The molecule has 2 aliphatic heterocycles. The largest absolute Gasteiger partial charge is 0.444 e. The maximum Gasteiger partial charge on any atom is 0.410 e. The van der Waals surface area contributed by atoms with Crippen molar-refractivity contribution in [1.82, 2.24) is 15.5 Å². The third kappa shape index (κ3) is 5.54. The van der Waals surface area contributed by atoms with E-state index in [-0.39, 0.29) is 6.09 Å². The van der Waals surface area contributed by atoms with Crippen LogP contribution < -0.4 is 10.6 Å². The van der Waals surface area contributed by atoms with Gasteiger partial charge in [0.1, 0.15) is 5.60 Å². The van der Waals surface area contributed by atoms with E-state index < -0.39 is 5.60 Å². The number of carbonyl (C=O) groups excluding carboxylic acids is 1. The number of likely N-dealkylation sites (N-methyl/N-ethyl adjacent to an activating group) is 1. The van der Waals surface area contributed by atoms with Crippen molar-refractivity contribution >= 4 is 12.1 Å². The second kappa shape index (κ2) is 8.05. The second-order valence-corrected chi connectivity index (χ2v) is 7.52. The summed E-state index contributed by atoms with van der Waals surface area (Å²) in [5.41, 5.74) is -0.479. The molecule has 2 N–H and O–H groups in total. The molecule has 0 radical (unpaired) electrons. The minimum Gasteiger partial charge on any atom is -0.444 e. The third-order valence-electron chi connectivity index (χ3n) is 4.18. The summed E-state index contributed by atoms with van der Waals surface area (Å²) in [5.74, 6) is 0.788. The summed E-state index contributed by atoms with van der Waals surface area (Å²) in [6.45, 7) is 9.46. The van der Waals surface area contributed by atoms with Crippen LogP contribution in [0.2, 0.25) is 0 Å². The van der Waals surface area contributed by atoms with Gasteiger partial charge in [-0.05, 0) is 47.0 Å². The van der Waals surface area contributed by atoms with E-state index in [1.807, 2.05) is 27.7 Å². The summed E-state index contributed by atoms with van der Waals surface area (Å²) in [5, 5.41) is 6.73. The highest BCUT2D eigenvalue weighted by molar-refractivity contribution is 5.80. The Morgan fingerprint density at radius 3 is 2.67 bits per heavy atom. The predicted octanol–water partition coefficient (Wildman–Crippen LogP) is 1.73. The maximum absolute atomic E-state index is 11.9. The molecule has 24 heavy (non-hydrogen) atoms. The average molecular weight is 340 g/mol. The van der Waals surface area contributed by atoms with Gasteiger partial charge in [0, 0.05) is 20.1 Å². The molecule has 7 nitrogen and oxygen atoms in total. The van der Waals surface area contributed by atoms with Crippen molar-refractivity contribution in [2.75, 3.05) is 26.7 Å². The molecule has 2 fully saturated rings. The fourth-order valence-electron chi connectivity index (χ4n) is 3.03. The molecule has 1 amide bonds. The lowest BCUT2D eigenvalue weighted by molar-refractivity contribution is 0.0304. The monoisotopic (exact) mass is 340 g/mol. The fourth-order valence-corrected chi connectivity index (χ4v) is 3.03. The number of amides is 1. The first-order valence-electron chi connectivity index (χ1n) is 8.93. The van der Waals surface area contributed by atoms with Gasteiger partial charge < -0.3 is 25.0 Å². The van der Waals surface area contributed by atoms with E-state index in [1.54, 1.807) is 11.9 Å². The van der Waals surface area contributed by atoms with Crippen LogP contribution in [0.3, 0.4) is 0 Å². The Balaban J connectivity index is 1.79. The highest BCUT2D eigenvalue weighted by Gasteiger charge is 2.41. The van der Waals surface area contributed by atoms with E-state index >= 15 is 0 Å². The molecule has 0 spiro atoms. The molecule has 0 saturated carbocycles. The molecule has 0 aromatic carbocycles. The van der Waals surface area contributed by atoms with Gasteiger partial charge in [-0.15, -0.1) is 0 Å². The number of hydrogen-bond acceptors (Lipinski definition) is 4. The highest BCUT2D eigenvalue weighted by Crippen LogP contribution is 2.34. The lowest BCUT2D eigenvalue weighted by Crippen LogP contribution is -2.47. The number of rotatable bonds is 5. The van der Waals surface area contributed by atoms with E-state index in [0.29, 0.717) is 31.3 Å². The van der Waals surface area contributed by atoms with Crippen molar-refractivity contribution < 1.29 is 14.3 Å². The molecule has 138 valence electrons. The van der Waals surface area contributed by atoms with Gasteiger partial charge in [-0.3, -0.25) is 4.99 Å². The molecule has 3 atom stereocenters. The smallest absolute Gasteiger partial charge is 0.410 e. The Labute approximate surface area is 145 Å². The SMILES string of the molecule is CCNC(=NCCN(C)C(=O)OC(C)(C)C)NC1CC2CCC1O2. The summed E-state index contributed by atoms with van der Waals surface area (Å²) >= 11 is 0. The van der Waals surface area contributed by atoms with Crippen LogP contribution in [0.1, 0.15) is 47.0 Å². The zero-order valence-electron chi connectivity index (χ0n) is 15.6. The molecule has 2 rings (SSSR count). The van der Waals surface area contributed by atoms with Crippen LogP contribution in [0.15, 0.2) is 4.99 Å². The topological polar surface area (TPSA) is 75.2 Å². The number of nitrogens with one attached hydrogen (secondary N) is 2. The molecule has 0 aromatic heterocycles. The number of nitrogens with zero attached hydrogens (tertiary/aromatic N) is 2. The summed E-state index contributed by atoms with van der Waals surface area (Å²) in [6.07, 6.45) is 3.75. The first-order valence-corrected chi connectivity index (χ1v) is 8.93. The van der Waals surface area contributed by atoms with Crippen LogP contribution >= 0.6 is 0 Å². The Bertz CT molecular complexity index is 461. The van der Waals surface area contributed by atoms with Gasteiger partial charge in [0.05, 0.1) is 24.8 Å². The van der Waals surface area contributed by atoms with Crippen LogP contribution in [0.4, 0.5) is 4.79 Å². The quantitative estimate of drug-likeness (QED) is 0.589. The number of hydrogen-bond donors (Lipinski definition) is 2. The summed E-state index contributed by atoms with van der Waals surface area (Å²) in [6, 6.07) is 0.338. The fraction of sp³-hybridized carbons (Fsp3) is 0.882. The normalized spacial score (nSPS) is 26.4. The Morgan fingerprint density at radius 1 is 1.38 bits per heavy atom. The number of guanidine groups is 1. The van der Waals surface area contributed by atoms with Crippen molar-refractivity contribution in [3.63, 3.8) is 0 Å². The van der Waals surface area contributed by atoms with Gasteiger partial charge in [0.2, 0.25) is 0 Å². The number of aliphatic imine (C=N–C) groups is 1. The van der Waals surface area contributed by atoms with Gasteiger partial charge in [-0.25, -0.2) is 4.79 Å². The standard InChI is InChI=1S/C17H32N4O3/c1-6-18-15(20-13-11-12-7-8-14(13)23-12)19-9-10-21(5)16(22)24-17(2,3)4/h12-14H,6-11H2,1-5H3,(H2,18,19,20). The Morgan fingerprint density at radius 2 is 2.12 bits per heavy atom. The number of carbonyl (C=O) groups is 1.